The van der Waals surface area contributed by atoms with Crippen molar-refractivity contribution >= 4 is 91.7 Å². The number of amides is 7. The van der Waals surface area contributed by atoms with Crippen molar-refractivity contribution in [2.75, 3.05) is 70.1 Å². The number of nitrogens with zero attached hydrogens (tertiary/aromatic N) is 5. The molecule has 102 heavy (non-hydrogen) atoms. The van der Waals surface area contributed by atoms with Gasteiger partial charge in [-0.25, -0.2) is 14.8 Å². The number of methoxy groups -OCH3 is 3. The summed E-state index contributed by atoms with van der Waals surface area (Å²) in [6.45, 7) is 8.18. The van der Waals surface area contributed by atoms with Crippen molar-refractivity contribution in [1.82, 2.24) is 46.1 Å². The molecular weight excluding hydrogens is 1360 g/mol. The summed E-state index contributed by atoms with van der Waals surface area (Å²) in [4.78, 5) is 132. The maximum Gasteiger partial charge on any atom is 0.471 e. The molecule has 3 atom stereocenters. The molecule has 4 aromatic carbocycles. The lowest BCUT2D eigenvalue weighted by molar-refractivity contribution is -0.170. The predicted octanol–water partition coefficient (Wildman–Crippen LogP) is 8.85. The van der Waals surface area contributed by atoms with Crippen molar-refractivity contribution in [3.05, 3.63) is 148 Å². The molecule has 3 heterocycles. The summed E-state index contributed by atoms with van der Waals surface area (Å²) in [6, 6.07) is 28.1. The number of hydrogen-bond acceptors (Lipinski definition) is 19. The summed E-state index contributed by atoms with van der Waals surface area (Å²) in [7, 11) is 7.60. The molecule has 25 nitrogen and oxygen atoms in total. The third-order valence-electron chi connectivity index (χ3n) is 16.9. The smallest absolute Gasteiger partial charge is 0.471 e. The fraction of sp³-hybridized carbons (Fsp3) is 0.472. The zero-order valence-electron chi connectivity index (χ0n) is 58.3. The molecule has 30 heteroatoms. The zero-order chi connectivity index (χ0) is 74.0. The van der Waals surface area contributed by atoms with E-state index in [1.54, 1.807) is 54.6 Å². The van der Waals surface area contributed by atoms with Crippen LogP contribution in [0.4, 0.5) is 24.8 Å². The van der Waals surface area contributed by atoms with E-state index in [0.29, 0.717) is 106 Å². The minimum atomic E-state index is -5.36. The maximum absolute atomic E-state index is 13.9. The SMILES string of the molecule is COC(=O)[C@@H](CCC(=O)NCCCCCC(=O)NCCSSC(C)(C)CCC(=O)NCCCCCC(=O)N1C[C@H](O)C[C@H]1COC(c1ccccc1)(c1ccc(OC)cc1)c1ccc(OC)cc1)NC(=O)c1ccc(N(Cc2cnc3nc(NC(=O)C(C)C)[nH]c(=O)c3n2)C(=O)C(F)(F)F)cc1. The number of carbonyl (C=O) groups is 8. The van der Waals surface area contributed by atoms with Crippen molar-refractivity contribution < 1.29 is 75.6 Å². The van der Waals surface area contributed by atoms with Crippen LogP contribution in [0.2, 0.25) is 0 Å². The second-order valence-electron chi connectivity index (χ2n) is 25.4. The van der Waals surface area contributed by atoms with Crippen molar-refractivity contribution in [2.45, 2.75) is 152 Å². The number of halogens is 3. The number of aliphatic hydroxyl groups excluding tert-OH is 1. The van der Waals surface area contributed by atoms with Gasteiger partial charge in [0.2, 0.25) is 35.5 Å². The van der Waals surface area contributed by atoms with E-state index in [-0.39, 0.29) is 88.6 Å². The van der Waals surface area contributed by atoms with Gasteiger partial charge < -0.3 is 50.2 Å². The van der Waals surface area contributed by atoms with E-state index in [0.717, 1.165) is 60.7 Å². The molecule has 0 aliphatic carbocycles. The minimum Gasteiger partial charge on any atom is -0.497 e. The molecule has 1 fully saturated rings. The number of aromatic amines is 1. The fourth-order valence-electron chi connectivity index (χ4n) is 11.2. The lowest BCUT2D eigenvalue weighted by atomic mass is 9.80. The number of ether oxygens (including phenoxy) is 4. The van der Waals surface area contributed by atoms with E-state index in [1.807, 2.05) is 78.9 Å². The van der Waals surface area contributed by atoms with Crippen LogP contribution in [0.15, 0.2) is 114 Å². The molecule has 2 aromatic heterocycles. The average Bonchev–Trinajstić information content (AvgIpc) is 0.860. The number of esters is 1. The van der Waals surface area contributed by atoms with Gasteiger partial charge in [0, 0.05) is 79.5 Å². The van der Waals surface area contributed by atoms with Gasteiger partial charge in [0.15, 0.2) is 11.2 Å². The molecular formula is C72H90F3N11O14S2. The number of anilines is 2. The van der Waals surface area contributed by atoms with Crippen LogP contribution in [0, 0.1) is 5.92 Å². The number of hydrogen-bond donors (Lipinski definition) is 7. The quantitative estimate of drug-likeness (QED) is 0.00819. The summed E-state index contributed by atoms with van der Waals surface area (Å²) < 4.78 is 64.4. The summed E-state index contributed by atoms with van der Waals surface area (Å²) in [5.74, 6) is -3.67. The highest BCUT2D eigenvalue weighted by Crippen LogP contribution is 2.43. The summed E-state index contributed by atoms with van der Waals surface area (Å²) in [5, 5.41) is 24.5. The summed E-state index contributed by atoms with van der Waals surface area (Å²) in [6.07, 6.45) is 0.440. The third-order valence-corrected chi connectivity index (χ3v) is 20.2. The van der Waals surface area contributed by atoms with Crippen molar-refractivity contribution in [3.63, 3.8) is 0 Å². The predicted molar refractivity (Wildman–Crippen MR) is 381 cm³/mol. The van der Waals surface area contributed by atoms with Crippen LogP contribution in [-0.4, -0.2) is 166 Å². The van der Waals surface area contributed by atoms with E-state index in [2.05, 4.69) is 60.4 Å². The Hall–Kier alpha value is -9.13. The first-order chi connectivity index (χ1) is 48.7. The second-order valence-corrected chi connectivity index (χ2v) is 28.5. The van der Waals surface area contributed by atoms with Gasteiger partial charge in [0.05, 0.1) is 58.5 Å². The number of aromatic nitrogens is 4. The second kappa shape index (κ2) is 38.8. The van der Waals surface area contributed by atoms with Crippen LogP contribution >= 0.6 is 21.6 Å². The lowest BCUT2D eigenvalue weighted by Crippen LogP contribution is -2.42. The van der Waals surface area contributed by atoms with Gasteiger partial charge >= 0.3 is 18.1 Å². The standard InChI is InChI=1S/C72H90F3N11O14S2/c1-46(2)64(92)83-69-82-63-62(66(94)84-69)80-51(42-79-63)43-86(68(96)72(73,74)75)52-27-21-47(22-28-52)65(93)81-57(67(95)99-7)33-34-59(89)76-37-15-9-13-19-58(88)78-39-40-101-102-70(3,4)36-35-60(90)77-38-16-10-14-20-61(91)85-44-54(87)41-53(85)45-100-71(48-17-11-8-12-18-48,49-23-29-55(97-5)30-24-49)50-25-31-56(98-6)32-26-50/h8,11-12,17-18,21-32,42,46,53-54,57,87H,9-10,13-16,19-20,33-41,43-45H2,1-7H3,(H,76,89)(H,77,90)(H,78,88)(H,81,93)(H2,79,82,83,84,92,94)/t53-,54+,57+/m0/s1. The number of alkyl halides is 3. The van der Waals surface area contributed by atoms with Gasteiger partial charge in [-0.1, -0.05) is 103 Å². The Bertz CT molecular complexity index is 3810. The van der Waals surface area contributed by atoms with Gasteiger partial charge in [-0.15, -0.1) is 0 Å². The molecule has 0 bridgehead atoms. The number of aliphatic hydroxyl groups is 1. The first kappa shape index (κ1) is 80.2. The summed E-state index contributed by atoms with van der Waals surface area (Å²) in [5.41, 5.74) is -0.558. The van der Waals surface area contributed by atoms with Gasteiger partial charge in [-0.05, 0) is 124 Å². The van der Waals surface area contributed by atoms with Gasteiger partial charge in [-0.3, -0.25) is 53.6 Å². The van der Waals surface area contributed by atoms with Crippen molar-refractivity contribution in [1.29, 1.82) is 0 Å². The monoisotopic (exact) mass is 1450 g/mol. The van der Waals surface area contributed by atoms with Crippen molar-refractivity contribution in [2.24, 2.45) is 5.92 Å². The first-order valence-corrected chi connectivity index (χ1v) is 36.1. The Morgan fingerprint density at radius 2 is 1.31 bits per heavy atom. The van der Waals surface area contributed by atoms with E-state index in [9.17, 15) is 61.4 Å². The molecule has 1 aliphatic rings. The van der Waals surface area contributed by atoms with E-state index in [4.69, 9.17) is 18.9 Å². The van der Waals surface area contributed by atoms with Crippen LogP contribution < -0.4 is 46.5 Å². The largest absolute Gasteiger partial charge is 0.497 e. The molecule has 1 aliphatic heterocycles. The molecule has 7 amide bonds. The number of fused-ring (bicyclic) bond motifs is 1. The maximum atomic E-state index is 13.9. The normalized spacial score (nSPS) is 14.2. The molecule has 0 spiro atoms. The third kappa shape index (κ3) is 23.7. The highest BCUT2D eigenvalue weighted by molar-refractivity contribution is 8.77. The van der Waals surface area contributed by atoms with Crippen LogP contribution in [-0.2, 0) is 55.2 Å². The van der Waals surface area contributed by atoms with E-state index >= 15 is 0 Å². The van der Waals surface area contributed by atoms with Crippen LogP contribution in [0.1, 0.15) is 144 Å². The fourth-order valence-corrected chi connectivity index (χ4v) is 13.7. The van der Waals surface area contributed by atoms with E-state index < -0.39 is 71.5 Å². The molecule has 0 radical (unpaired) electrons. The first-order valence-electron chi connectivity index (χ1n) is 33.7. The zero-order valence-corrected chi connectivity index (χ0v) is 59.9. The number of nitrogens with one attached hydrogen (secondary N) is 6. The number of unbranched alkanes of at least 4 members (excludes halogenated alkanes) is 4. The van der Waals surface area contributed by atoms with Crippen LogP contribution in [0.25, 0.3) is 11.2 Å². The highest BCUT2D eigenvalue weighted by Gasteiger charge is 2.44. The summed E-state index contributed by atoms with van der Waals surface area (Å²) >= 11 is 0. The molecule has 7 rings (SSSR count). The molecule has 550 valence electrons. The van der Waals surface area contributed by atoms with Gasteiger partial charge in [0.1, 0.15) is 23.1 Å². The number of likely N-dealkylation sites (tertiary alicyclic amines) is 1. The topological polar surface area (TPSA) is 332 Å². The van der Waals surface area contributed by atoms with Gasteiger partial charge in [-0.2, -0.15) is 18.2 Å². The molecule has 6 aromatic rings. The number of benzene rings is 4. The minimum absolute atomic E-state index is 0.0468. The molecule has 0 saturated carbocycles. The number of β-amino-alcohol motifs (C(OH)–C–C–N with tert-alkyl or cyclic N) is 1. The number of carbonyl (C=O) groups excluding carboxylic acids is 8. The lowest BCUT2D eigenvalue weighted by Gasteiger charge is -2.38. The Morgan fingerprint density at radius 3 is 1.91 bits per heavy atom. The molecule has 7 N–H and O–H groups in total. The van der Waals surface area contributed by atoms with Crippen molar-refractivity contribution in [3.8, 4) is 11.5 Å². The number of rotatable bonds is 39. The average molecular weight is 1450 g/mol. The Labute approximate surface area is 598 Å². The van der Waals surface area contributed by atoms with Crippen LogP contribution in [0.5, 0.6) is 11.5 Å². The molecule has 1 saturated heterocycles. The molecule has 0 unspecified atom stereocenters. The highest BCUT2D eigenvalue weighted by atomic mass is 33.1. The Morgan fingerprint density at radius 1 is 0.725 bits per heavy atom. The van der Waals surface area contributed by atoms with Crippen LogP contribution in [0.3, 0.4) is 0 Å². The van der Waals surface area contributed by atoms with E-state index in [1.165, 1.54) is 0 Å². The Kier molecular flexibility index (Phi) is 30.5. The Balaban J connectivity index is 0.732. The number of H-pyrrole nitrogens is 1. The van der Waals surface area contributed by atoms with Gasteiger partial charge in [0.25, 0.3) is 11.5 Å².